The van der Waals surface area contributed by atoms with E-state index in [0.29, 0.717) is 0 Å². The van der Waals surface area contributed by atoms with Gasteiger partial charge in [-0.2, -0.15) is 26.8 Å². The zero-order valence-corrected chi connectivity index (χ0v) is 21.3. The van der Waals surface area contributed by atoms with Gasteiger partial charge in [0.05, 0.1) is 26.2 Å². The van der Waals surface area contributed by atoms with Crippen LogP contribution in [0.4, 0.5) is 0 Å². The molecular formula is C27H54BN. The minimum atomic E-state index is -0.128. The molecule has 1 rings (SSSR count). The van der Waals surface area contributed by atoms with Gasteiger partial charge in [-0.15, -0.1) is 0 Å². The summed E-state index contributed by atoms with van der Waals surface area (Å²) in [5.41, 5.74) is 1.47. The summed E-state index contributed by atoms with van der Waals surface area (Å²) in [4.78, 5) is 0. The summed E-state index contributed by atoms with van der Waals surface area (Å²) < 4.78 is 1.42. The maximum absolute atomic E-state index is 2.35. The Bertz CT molecular complexity index is 426. The lowest BCUT2D eigenvalue weighted by molar-refractivity contribution is -0.929. The third-order valence-electron chi connectivity index (χ3n) is 6.09. The second kappa shape index (κ2) is 17.0. The first-order valence-electron chi connectivity index (χ1n) is 13.0. The molecule has 2 heteroatoms. The monoisotopic (exact) mass is 403 g/mol. The molecule has 29 heavy (non-hydrogen) atoms. The number of nitrogens with zero attached hydrogens (tertiary/aromatic N) is 1. The van der Waals surface area contributed by atoms with Gasteiger partial charge in [0, 0.05) is 0 Å². The predicted molar refractivity (Wildman–Crippen MR) is 138 cm³/mol. The highest BCUT2D eigenvalue weighted by Crippen LogP contribution is 2.16. The van der Waals surface area contributed by atoms with Crippen molar-refractivity contribution in [2.24, 2.45) is 0 Å². The summed E-state index contributed by atoms with van der Waals surface area (Å²) >= 11 is 0. The Labute approximate surface area is 185 Å². The highest BCUT2D eigenvalue weighted by molar-refractivity contribution is 6.76. The van der Waals surface area contributed by atoms with Crippen molar-refractivity contribution in [2.45, 2.75) is 112 Å². The molecule has 1 aromatic carbocycles. The summed E-state index contributed by atoms with van der Waals surface area (Å²) in [5, 5.41) is 0. The van der Waals surface area contributed by atoms with Gasteiger partial charge in [0.15, 0.2) is 0 Å². The molecule has 1 nitrogen and oxygen atoms in total. The lowest BCUT2D eigenvalue weighted by Crippen LogP contribution is -2.50. The Balaban J connectivity index is 0.000000571. The number of unbranched alkanes of at least 4 members (excludes halogenated alkanes) is 4. The van der Waals surface area contributed by atoms with Crippen molar-refractivity contribution < 1.29 is 4.48 Å². The minimum Gasteiger partial charge on any atom is -0.324 e. The van der Waals surface area contributed by atoms with E-state index < -0.39 is 0 Å². The molecule has 0 amide bonds. The standard InChI is InChI=1S/C16H36N.C11H18B/c1-5-9-13-17(14-10-6-2,15-11-7-3)16-12-8-4;1-12(2,3)10-9-11-7-5-4-6-8-11/h5-16H2,1-4H3;4-8H,9-10H2,1-3H3/q+1;-1. The molecule has 0 aliphatic carbocycles. The molecule has 0 aliphatic heterocycles. The highest BCUT2D eigenvalue weighted by Gasteiger charge is 2.24. The fraction of sp³-hybridized carbons (Fsp3) is 0.778. The van der Waals surface area contributed by atoms with Gasteiger partial charge < -0.3 is 4.48 Å². The first-order valence-corrected chi connectivity index (χ1v) is 13.0. The first-order chi connectivity index (χ1) is 13.8. The van der Waals surface area contributed by atoms with Crippen molar-refractivity contribution in [3.05, 3.63) is 35.9 Å². The second-order valence-corrected chi connectivity index (χ2v) is 10.6. The van der Waals surface area contributed by atoms with Crippen LogP contribution in [-0.4, -0.2) is 36.8 Å². The van der Waals surface area contributed by atoms with E-state index in [1.165, 1.54) is 100 Å². The molecule has 0 aromatic heterocycles. The Morgan fingerprint density at radius 2 is 1.00 bits per heavy atom. The number of hydrogen-bond donors (Lipinski definition) is 0. The van der Waals surface area contributed by atoms with Gasteiger partial charge in [0.2, 0.25) is 0 Å². The molecule has 0 heterocycles. The lowest BCUT2D eigenvalue weighted by atomic mass is 9.28. The zero-order chi connectivity index (χ0) is 22.0. The molecular weight excluding hydrogens is 349 g/mol. The van der Waals surface area contributed by atoms with Gasteiger partial charge in [-0.1, -0.05) is 95.7 Å². The SMILES string of the molecule is CCCC[N+](CCCC)(CCCC)CCCC.C[B-](C)(C)CCc1ccccc1. The van der Waals surface area contributed by atoms with E-state index in [1.54, 1.807) is 0 Å². The number of benzene rings is 1. The lowest BCUT2D eigenvalue weighted by Gasteiger charge is -2.39. The summed E-state index contributed by atoms with van der Waals surface area (Å²) in [6, 6.07) is 10.7. The summed E-state index contributed by atoms with van der Waals surface area (Å²) in [6.45, 7) is 22.1. The summed E-state index contributed by atoms with van der Waals surface area (Å²) in [5.74, 6) is 0. The highest BCUT2D eigenvalue weighted by atomic mass is 15.3. The molecule has 170 valence electrons. The molecule has 0 atom stereocenters. The number of aryl methyl sites for hydroxylation is 1. The largest absolute Gasteiger partial charge is 0.324 e. The van der Waals surface area contributed by atoms with Crippen LogP contribution >= 0.6 is 0 Å². The third-order valence-corrected chi connectivity index (χ3v) is 6.09. The summed E-state index contributed by atoms with van der Waals surface area (Å²) in [7, 11) is 0. The topological polar surface area (TPSA) is 0 Å². The molecule has 0 aliphatic rings. The van der Waals surface area contributed by atoms with Gasteiger partial charge in [-0.25, -0.2) is 0 Å². The molecule has 0 unspecified atom stereocenters. The van der Waals surface area contributed by atoms with E-state index in [0.717, 1.165) is 0 Å². The maximum atomic E-state index is 2.35. The molecule has 0 N–H and O–H groups in total. The van der Waals surface area contributed by atoms with E-state index in [1.807, 2.05) is 0 Å². The third kappa shape index (κ3) is 15.7. The number of hydrogen-bond acceptors (Lipinski definition) is 0. The van der Waals surface area contributed by atoms with Crippen molar-refractivity contribution in [2.75, 3.05) is 26.2 Å². The predicted octanol–water partition coefficient (Wildman–Crippen LogP) is 8.57. The summed E-state index contributed by atoms with van der Waals surface area (Å²) in [6.07, 6.45) is 13.5. The van der Waals surface area contributed by atoms with Crippen molar-refractivity contribution in [1.82, 2.24) is 0 Å². The Hall–Kier alpha value is -0.755. The van der Waals surface area contributed by atoms with Crippen molar-refractivity contribution in [1.29, 1.82) is 0 Å². The number of quaternary nitrogens is 1. The van der Waals surface area contributed by atoms with Crippen molar-refractivity contribution >= 4 is 6.15 Å². The number of rotatable bonds is 15. The Morgan fingerprint density at radius 3 is 1.31 bits per heavy atom. The zero-order valence-electron chi connectivity index (χ0n) is 21.3. The van der Waals surface area contributed by atoms with Crippen LogP contribution in [0.3, 0.4) is 0 Å². The minimum absolute atomic E-state index is 0.128. The van der Waals surface area contributed by atoms with Gasteiger partial charge >= 0.3 is 0 Å². The van der Waals surface area contributed by atoms with Gasteiger partial charge in [-0.05, 0) is 31.8 Å². The van der Waals surface area contributed by atoms with Crippen LogP contribution < -0.4 is 0 Å². The van der Waals surface area contributed by atoms with Crippen LogP contribution in [0.15, 0.2) is 30.3 Å². The normalized spacial score (nSPS) is 11.8. The van der Waals surface area contributed by atoms with Crippen LogP contribution in [0, 0.1) is 0 Å². The van der Waals surface area contributed by atoms with Crippen molar-refractivity contribution in [3.8, 4) is 0 Å². The molecule has 0 saturated heterocycles. The quantitative estimate of drug-likeness (QED) is 0.203. The van der Waals surface area contributed by atoms with Crippen LogP contribution in [-0.2, 0) is 6.42 Å². The first kappa shape index (κ1) is 28.2. The van der Waals surface area contributed by atoms with E-state index in [9.17, 15) is 0 Å². The van der Waals surface area contributed by atoms with E-state index >= 15 is 0 Å². The molecule has 0 radical (unpaired) electrons. The van der Waals surface area contributed by atoms with Crippen LogP contribution in [0.2, 0.25) is 26.8 Å². The van der Waals surface area contributed by atoms with Crippen LogP contribution in [0.25, 0.3) is 0 Å². The van der Waals surface area contributed by atoms with Gasteiger partial charge in [0.1, 0.15) is 0 Å². The molecule has 0 spiro atoms. The van der Waals surface area contributed by atoms with Crippen LogP contribution in [0.1, 0.15) is 84.6 Å². The van der Waals surface area contributed by atoms with E-state index in [-0.39, 0.29) is 6.15 Å². The molecule has 0 fully saturated rings. The fourth-order valence-electron chi connectivity index (χ4n) is 3.89. The molecule has 0 saturated carbocycles. The van der Waals surface area contributed by atoms with Crippen molar-refractivity contribution in [3.63, 3.8) is 0 Å². The van der Waals surface area contributed by atoms with E-state index in [4.69, 9.17) is 0 Å². The maximum Gasteiger partial charge on any atom is 0.0786 e. The van der Waals surface area contributed by atoms with Gasteiger partial charge in [0.25, 0.3) is 0 Å². The smallest absolute Gasteiger partial charge is 0.0786 e. The molecule has 1 aromatic rings. The van der Waals surface area contributed by atoms with Gasteiger partial charge in [-0.3, -0.25) is 0 Å². The Kier molecular flexibility index (Phi) is 16.5. The van der Waals surface area contributed by atoms with E-state index in [2.05, 4.69) is 78.5 Å². The second-order valence-electron chi connectivity index (χ2n) is 10.6. The average Bonchev–Trinajstić information content (AvgIpc) is 2.72. The fourth-order valence-corrected chi connectivity index (χ4v) is 3.89. The average molecular weight is 404 g/mol. The Morgan fingerprint density at radius 1 is 0.621 bits per heavy atom. The van der Waals surface area contributed by atoms with Crippen LogP contribution in [0.5, 0.6) is 0 Å². The molecule has 0 bridgehead atoms.